The molecule has 1 fully saturated rings. The van der Waals surface area contributed by atoms with Crippen LogP contribution >= 0.6 is 0 Å². The number of hydroxylamine groups is 1. The fraction of sp³-hybridized carbons (Fsp3) is 0.452. The van der Waals surface area contributed by atoms with Crippen LogP contribution in [0.15, 0.2) is 54.6 Å². The molecule has 0 bridgehead atoms. The molecular formula is C42H53N9O4. The van der Waals surface area contributed by atoms with Crippen molar-refractivity contribution in [1.29, 1.82) is 0 Å². The number of amides is 2. The fourth-order valence-electron chi connectivity index (χ4n) is 8.02. The Morgan fingerprint density at radius 1 is 0.927 bits per heavy atom. The number of rotatable bonds is 14. The summed E-state index contributed by atoms with van der Waals surface area (Å²) in [4.78, 5) is 55.3. The average molecular weight is 748 g/mol. The van der Waals surface area contributed by atoms with E-state index in [0.29, 0.717) is 19.0 Å². The van der Waals surface area contributed by atoms with Crippen molar-refractivity contribution in [3.8, 4) is 11.3 Å². The normalized spacial score (nSPS) is 16.5. The third-order valence-corrected chi connectivity index (χ3v) is 11.1. The second kappa shape index (κ2) is 16.3. The molecule has 13 heteroatoms. The zero-order valence-electron chi connectivity index (χ0n) is 32.6. The van der Waals surface area contributed by atoms with Crippen molar-refractivity contribution in [1.82, 2.24) is 40.6 Å². The number of hydrogen-bond donors (Lipinski definition) is 5. The Balaban J connectivity index is 1.16. The lowest BCUT2D eigenvalue weighted by atomic mass is 9.89. The minimum atomic E-state index is -0.685. The highest BCUT2D eigenvalue weighted by atomic mass is 16.6. The van der Waals surface area contributed by atoms with Gasteiger partial charge >= 0.3 is 6.09 Å². The van der Waals surface area contributed by atoms with Gasteiger partial charge in [0.15, 0.2) is 0 Å². The van der Waals surface area contributed by atoms with Crippen molar-refractivity contribution in [2.24, 2.45) is 17.6 Å². The van der Waals surface area contributed by atoms with Crippen LogP contribution in [0.2, 0.25) is 0 Å². The van der Waals surface area contributed by atoms with Gasteiger partial charge in [-0.3, -0.25) is 4.79 Å². The Hall–Kier alpha value is -5.11. The summed E-state index contributed by atoms with van der Waals surface area (Å²) in [5.74, 6) is 1.93. The van der Waals surface area contributed by atoms with Crippen LogP contribution < -0.4 is 16.5 Å². The first kappa shape index (κ1) is 38.2. The molecule has 0 spiro atoms. The summed E-state index contributed by atoms with van der Waals surface area (Å²) in [5.41, 5.74) is 15.7. The maximum absolute atomic E-state index is 13.7. The third kappa shape index (κ3) is 7.73. The van der Waals surface area contributed by atoms with Crippen molar-refractivity contribution in [3.63, 3.8) is 0 Å². The Bertz CT molecular complexity index is 2320. The van der Waals surface area contributed by atoms with Gasteiger partial charge in [-0.1, -0.05) is 45.9 Å². The van der Waals surface area contributed by atoms with Crippen LogP contribution in [0.1, 0.15) is 83.4 Å². The summed E-state index contributed by atoms with van der Waals surface area (Å²) >= 11 is 0. The molecule has 0 radical (unpaired) electrons. The van der Waals surface area contributed by atoms with E-state index in [-0.39, 0.29) is 29.8 Å². The van der Waals surface area contributed by atoms with E-state index >= 15 is 0 Å². The number of imidazole rings is 2. The number of H-pyrrole nitrogens is 2. The number of aromatic nitrogens is 5. The molecule has 0 aliphatic carbocycles. The van der Waals surface area contributed by atoms with Crippen LogP contribution in [-0.2, 0) is 14.4 Å². The van der Waals surface area contributed by atoms with Gasteiger partial charge in [-0.05, 0) is 97.8 Å². The molecule has 13 nitrogen and oxygen atoms in total. The van der Waals surface area contributed by atoms with E-state index < -0.39 is 12.1 Å². The van der Waals surface area contributed by atoms with Crippen LogP contribution in [0.25, 0.3) is 55.0 Å². The third-order valence-electron chi connectivity index (χ3n) is 11.1. The van der Waals surface area contributed by atoms with Gasteiger partial charge in [0.05, 0.1) is 36.8 Å². The number of alkyl carbamates (subject to hydrolysis) is 1. The number of aromatic amines is 2. The number of carbonyl (C=O) groups is 2. The van der Waals surface area contributed by atoms with Crippen LogP contribution in [-0.4, -0.2) is 81.2 Å². The Labute approximate surface area is 321 Å². The van der Waals surface area contributed by atoms with Gasteiger partial charge in [-0.2, -0.15) is 5.48 Å². The molecule has 290 valence electrons. The number of nitrogens with one attached hydrogen (secondary N) is 4. The second-order valence-corrected chi connectivity index (χ2v) is 15.5. The molecule has 4 heterocycles. The molecule has 4 atom stereocenters. The first-order chi connectivity index (χ1) is 26.6. The predicted octanol–water partition coefficient (Wildman–Crippen LogP) is 7.24. The average Bonchev–Trinajstić information content (AvgIpc) is 3.96. The Morgan fingerprint density at radius 3 is 2.47 bits per heavy atom. The molecular weight excluding hydrogens is 695 g/mol. The maximum Gasteiger partial charge on any atom is 0.407 e. The van der Waals surface area contributed by atoms with Crippen LogP contribution in [0.4, 0.5) is 4.79 Å². The van der Waals surface area contributed by atoms with Crippen LogP contribution in [0.5, 0.6) is 0 Å². The quantitative estimate of drug-likeness (QED) is 0.0719. The number of fused-ring (bicyclic) bond motifs is 6. The molecule has 2 amide bonds. The lowest BCUT2D eigenvalue weighted by Crippen LogP contribution is -2.51. The second-order valence-electron chi connectivity index (χ2n) is 15.5. The highest BCUT2D eigenvalue weighted by Crippen LogP contribution is 2.36. The summed E-state index contributed by atoms with van der Waals surface area (Å²) < 4.78 is 4.79. The number of methoxy groups -OCH3 is 1. The number of nitrogens with two attached hydrogens (primary N) is 1. The van der Waals surface area contributed by atoms with Gasteiger partial charge in [0.25, 0.3) is 0 Å². The van der Waals surface area contributed by atoms with E-state index in [1.54, 1.807) is 7.11 Å². The smallest absolute Gasteiger partial charge is 0.407 e. The predicted molar refractivity (Wildman–Crippen MR) is 216 cm³/mol. The molecule has 3 aromatic carbocycles. The summed E-state index contributed by atoms with van der Waals surface area (Å²) in [7, 11) is 2.96. The lowest BCUT2D eigenvalue weighted by molar-refractivity contribution is -0.135. The van der Waals surface area contributed by atoms with Crippen molar-refractivity contribution in [2.75, 3.05) is 27.3 Å². The van der Waals surface area contributed by atoms with Crippen molar-refractivity contribution >= 4 is 55.7 Å². The SMILES string of the molecule is CON[C@H](CC(CCCN)c1nc2ccc3[nH]c(-c4ccc5c(ccc6[nH]c([C@@H]7CCCN7C(=O)[C@@H](NC(=O)OC)C(C)C)nc65)c4)ccc3c2n1)C(C)C. The molecule has 6 N–H and O–H groups in total. The van der Waals surface area contributed by atoms with Gasteiger partial charge in [0.2, 0.25) is 5.91 Å². The number of ether oxygens (including phenoxy) is 1. The minimum absolute atomic E-state index is 0.101. The number of hydrogen-bond acceptors (Lipinski definition) is 9. The van der Waals surface area contributed by atoms with Gasteiger partial charge in [0, 0.05) is 40.5 Å². The number of carbonyl (C=O) groups excluding carboxylic acids is 2. The molecule has 1 aliphatic heterocycles. The Kier molecular flexibility index (Phi) is 11.3. The maximum atomic E-state index is 13.7. The van der Waals surface area contributed by atoms with Gasteiger partial charge < -0.3 is 35.5 Å². The highest BCUT2D eigenvalue weighted by Gasteiger charge is 2.37. The number of benzene rings is 3. The molecule has 1 saturated heterocycles. The number of nitrogens with zero attached hydrogens (tertiary/aromatic N) is 4. The zero-order chi connectivity index (χ0) is 38.8. The molecule has 7 rings (SSSR count). The van der Waals surface area contributed by atoms with Crippen LogP contribution in [0.3, 0.4) is 0 Å². The van der Waals surface area contributed by atoms with Crippen molar-refractivity contribution in [3.05, 3.63) is 66.2 Å². The largest absolute Gasteiger partial charge is 0.453 e. The number of likely N-dealkylation sites (tertiary alicyclic amines) is 1. The van der Waals surface area contributed by atoms with E-state index in [1.807, 2.05) is 24.8 Å². The lowest BCUT2D eigenvalue weighted by Gasteiger charge is -2.29. The molecule has 1 unspecified atom stereocenters. The molecule has 0 saturated carbocycles. The Morgan fingerprint density at radius 2 is 1.73 bits per heavy atom. The first-order valence-corrected chi connectivity index (χ1v) is 19.5. The summed E-state index contributed by atoms with van der Waals surface area (Å²) in [6.45, 7) is 9.44. The van der Waals surface area contributed by atoms with E-state index in [2.05, 4.69) is 83.1 Å². The zero-order valence-corrected chi connectivity index (χ0v) is 32.6. The fourth-order valence-corrected chi connectivity index (χ4v) is 8.02. The van der Waals surface area contributed by atoms with E-state index in [1.165, 1.54) is 7.11 Å². The van der Waals surface area contributed by atoms with Gasteiger partial charge in [-0.25, -0.2) is 19.7 Å². The molecule has 6 aromatic rings. The van der Waals surface area contributed by atoms with Gasteiger partial charge in [0.1, 0.15) is 23.2 Å². The van der Waals surface area contributed by atoms with Crippen LogP contribution in [0, 0.1) is 11.8 Å². The summed E-state index contributed by atoms with van der Waals surface area (Å²) in [6, 6.07) is 18.2. The van der Waals surface area contributed by atoms with E-state index in [0.717, 1.165) is 98.8 Å². The van der Waals surface area contributed by atoms with E-state index in [4.69, 9.17) is 30.3 Å². The summed E-state index contributed by atoms with van der Waals surface area (Å²) in [5, 5.41) is 5.84. The number of pyridine rings is 1. The minimum Gasteiger partial charge on any atom is -0.453 e. The van der Waals surface area contributed by atoms with Crippen molar-refractivity contribution < 1.29 is 19.2 Å². The van der Waals surface area contributed by atoms with Gasteiger partial charge in [-0.15, -0.1) is 0 Å². The van der Waals surface area contributed by atoms with Crippen molar-refractivity contribution in [2.45, 2.75) is 83.8 Å². The first-order valence-electron chi connectivity index (χ1n) is 19.5. The molecule has 3 aromatic heterocycles. The molecule has 1 aliphatic rings. The topological polar surface area (TPSA) is 176 Å². The molecule has 55 heavy (non-hydrogen) atoms. The monoisotopic (exact) mass is 747 g/mol. The van der Waals surface area contributed by atoms with E-state index in [9.17, 15) is 9.59 Å². The summed E-state index contributed by atoms with van der Waals surface area (Å²) in [6.07, 6.45) is 3.71. The highest BCUT2D eigenvalue weighted by molar-refractivity contribution is 6.06. The standard InChI is InChI=1S/C42H53N9O4/c1-23(2)34(50-55-6)22-27(9-7-19-43)39-45-33-18-17-31-29(38(33)47-39)14-16-30(44-31)26-11-13-28-25(21-26)12-15-32-37(28)48-40(46-32)35-10-8-20-51(35)41(52)36(24(3)4)49-42(53)54-5/h11-18,21,23-24,27,34-36,44,50H,7-10,19-20,22,43H2,1-6H3,(H,46,48)(H,49,53)/t27?,34-,35+,36+/m1/s1.